The van der Waals surface area contributed by atoms with Gasteiger partial charge in [0.15, 0.2) is 0 Å². The lowest BCUT2D eigenvalue weighted by molar-refractivity contribution is -0.175. The van der Waals surface area contributed by atoms with E-state index in [9.17, 15) is 27.6 Å². The molecule has 2 aromatic carbocycles. The molecule has 9 heteroatoms. The van der Waals surface area contributed by atoms with E-state index in [0.717, 1.165) is 5.56 Å². The molecule has 176 valence electrons. The van der Waals surface area contributed by atoms with Crippen LogP contribution in [0.3, 0.4) is 0 Å². The number of nitrogens with one attached hydrogen (secondary N) is 2. The van der Waals surface area contributed by atoms with Gasteiger partial charge >= 0.3 is 12.1 Å². The van der Waals surface area contributed by atoms with Gasteiger partial charge < -0.3 is 15.5 Å². The minimum Gasteiger partial charge on any atom is -0.336 e. The topological polar surface area (TPSA) is 78.5 Å². The number of anilines is 1. The van der Waals surface area contributed by atoms with Crippen LogP contribution in [0.5, 0.6) is 0 Å². The van der Waals surface area contributed by atoms with Crippen LogP contribution in [0.15, 0.2) is 54.6 Å². The molecule has 0 aromatic heterocycles. The van der Waals surface area contributed by atoms with Gasteiger partial charge in [0.25, 0.3) is 0 Å². The van der Waals surface area contributed by atoms with Gasteiger partial charge in [-0.25, -0.2) is 0 Å². The maximum atomic E-state index is 13.0. The summed E-state index contributed by atoms with van der Waals surface area (Å²) in [7, 11) is 0. The quantitative estimate of drug-likeness (QED) is 0.661. The molecule has 1 heterocycles. The molecule has 1 fully saturated rings. The Morgan fingerprint density at radius 1 is 1.03 bits per heavy atom. The lowest BCUT2D eigenvalue weighted by Crippen LogP contribution is -2.62. The molecule has 0 bridgehead atoms. The monoisotopic (exact) mass is 461 g/mol. The van der Waals surface area contributed by atoms with Crippen LogP contribution in [0.4, 0.5) is 18.9 Å². The second kappa shape index (κ2) is 10.1. The van der Waals surface area contributed by atoms with Crippen LogP contribution in [0, 0.1) is 0 Å². The van der Waals surface area contributed by atoms with Gasteiger partial charge in [0, 0.05) is 18.7 Å². The fraction of sp³-hybridized carbons (Fsp3) is 0.375. The van der Waals surface area contributed by atoms with Crippen molar-refractivity contribution in [3.63, 3.8) is 0 Å². The first-order chi connectivity index (χ1) is 15.6. The summed E-state index contributed by atoms with van der Waals surface area (Å²) in [5.74, 6) is -3.00. The molecule has 0 saturated carbocycles. The average Bonchev–Trinajstić information content (AvgIpc) is 2.72. The first-order valence-electron chi connectivity index (χ1n) is 10.7. The Kier molecular flexibility index (Phi) is 7.40. The molecule has 1 aliphatic heterocycles. The third kappa shape index (κ3) is 6.12. The van der Waals surface area contributed by atoms with Crippen molar-refractivity contribution in [2.75, 3.05) is 11.9 Å². The molecule has 2 aromatic rings. The van der Waals surface area contributed by atoms with Crippen molar-refractivity contribution in [3.8, 4) is 0 Å². The highest BCUT2D eigenvalue weighted by atomic mass is 19.4. The fourth-order valence-corrected chi connectivity index (χ4v) is 3.59. The molecule has 1 aliphatic rings. The van der Waals surface area contributed by atoms with Crippen LogP contribution in [-0.2, 0) is 20.8 Å². The van der Waals surface area contributed by atoms with Crippen LogP contribution >= 0.6 is 0 Å². The predicted molar refractivity (Wildman–Crippen MR) is 117 cm³/mol. The number of amides is 3. The Balaban J connectivity index is 1.70. The molecule has 2 N–H and O–H groups in total. The zero-order chi connectivity index (χ0) is 24.2. The Morgan fingerprint density at radius 2 is 1.67 bits per heavy atom. The summed E-state index contributed by atoms with van der Waals surface area (Å²) in [4.78, 5) is 38.5. The van der Waals surface area contributed by atoms with E-state index in [1.165, 1.54) is 4.90 Å². The van der Waals surface area contributed by atoms with E-state index in [1.54, 1.807) is 47.8 Å². The number of hydrogen-bond donors (Lipinski definition) is 2. The Hall–Kier alpha value is -3.36. The maximum absolute atomic E-state index is 13.0. The minimum absolute atomic E-state index is 0.122. The van der Waals surface area contributed by atoms with E-state index in [-0.39, 0.29) is 13.0 Å². The van der Waals surface area contributed by atoms with Crippen molar-refractivity contribution in [1.82, 2.24) is 10.2 Å². The maximum Gasteiger partial charge on any atom is 0.471 e. The highest BCUT2D eigenvalue weighted by molar-refractivity contribution is 5.99. The van der Waals surface area contributed by atoms with Crippen molar-refractivity contribution in [1.29, 1.82) is 0 Å². The van der Waals surface area contributed by atoms with Crippen molar-refractivity contribution < 1.29 is 27.6 Å². The number of halogens is 3. The summed E-state index contributed by atoms with van der Waals surface area (Å²) in [6.07, 6.45) is -4.86. The summed E-state index contributed by atoms with van der Waals surface area (Å²) >= 11 is 0. The standard InChI is InChI=1S/C24H26F3N3O3/c1-15(2)17-8-10-18(11-9-17)28-21(31)20-12-13-30(20)22(32)19(29-23(33)24(25,26)27)14-16-6-4-3-5-7-16/h3-11,15,19-20H,12-14H2,1-2H3,(H,28,31)(H,29,33)/t19-,20+/m1/s1. The number of benzene rings is 2. The molecule has 1 saturated heterocycles. The molecule has 0 unspecified atom stereocenters. The van der Waals surface area contributed by atoms with E-state index >= 15 is 0 Å². The second-order valence-corrected chi connectivity index (χ2v) is 8.32. The lowest BCUT2D eigenvalue weighted by Gasteiger charge is -2.41. The van der Waals surface area contributed by atoms with Crippen molar-refractivity contribution >= 4 is 23.4 Å². The van der Waals surface area contributed by atoms with Gasteiger partial charge in [-0.2, -0.15) is 13.2 Å². The zero-order valence-electron chi connectivity index (χ0n) is 18.4. The zero-order valence-corrected chi connectivity index (χ0v) is 18.4. The van der Waals surface area contributed by atoms with Gasteiger partial charge in [-0.15, -0.1) is 0 Å². The van der Waals surface area contributed by atoms with Crippen LogP contribution in [0.2, 0.25) is 0 Å². The number of alkyl halides is 3. The van der Waals surface area contributed by atoms with Gasteiger partial charge in [0.05, 0.1) is 0 Å². The summed E-state index contributed by atoms with van der Waals surface area (Å²) in [6.45, 7) is 4.32. The molecule has 0 radical (unpaired) electrons. The number of nitrogens with zero attached hydrogens (tertiary/aromatic N) is 1. The van der Waals surface area contributed by atoms with E-state index in [4.69, 9.17) is 0 Å². The summed E-state index contributed by atoms with van der Waals surface area (Å²) in [5.41, 5.74) is 2.26. The van der Waals surface area contributed by atoms with Crippen molar-refractivity contribution in [2.45, 2.75) is 50.9 Å². The molecule has 0 spiro atoms. The Morgan fingerprint density at radius 3 is 2.18 bits per heavy atom. The number of likely N-dealkylation sites (tertiary alicyclic amines) is 1. The molecule has 0 aliphatic carbocycles. The Bertz CT molecular complexity index is 992. The molecule has 3 rings (SSSR count). The smallest absolute Gasteiger partial charge is 0.336 e. The molecule has 33 heavy (non-hydrogen) atoms. The highest BCUT2D eigenvalue weighted by Gasteiger charge is 2.44. The van der Waals surface area contributed by atoms with Gasteiger partial charge in [0.2, 0.25) is 11.8 Å². The molecule has 2 atom stereocenters. The average molecular weight is 461 g/mol. The SMILES string of the molecule is CC(C)c1ccc(NC(=O)[C@@H]2CCN2C(=O)[C@@H](Cc2ccccc2)NC(=O)C(F)(F)F)cc1. The number of carbonyl (C=O) groups excluding carboxylic acids is 3. The van der Waals surface area contributed by atoms with Crippen LogP contribution in [-0.4, -0.2) is 47.4 Å². The number of carbonyl (C=O) groups is 3. The molecular formula is C24H26F3N3O3. The highest BCUT2D eigenvalue weighted by Crippen LogP contribution is 2.23. The van der Waals surface area contributed by atoms with Crippen molar-refractivity contribution in [2.24, 2.45) is 0 Å². The molecule has 3 amide bonds. The lowest BCUT2D eigenvalue weighted by atomic mass is 9.97. The van der Waals surface area contributed by atoms with Crippen LogP contribution in [0.25, 0.3) is 0 Å². The van der Waals surface area contributed by atoms with Gasteiger partial charge in [-0.1, -0.05) is 56.3 Å². The normalized spacial score (nSPS) is 16.7. The third-order valence-electron chi connectivity index (χ3n) is 5.59. The predicted octanol–water partition coefficient (Wildman–Crippen LogP) is 3.64. The Labute approximate surface area is 190 Å². The fourth-order valence-electron chi connectivity index (χ4n) is 3.59. The molecule has 6 nitrogen and oxygen atoms in total. The number of hydrogen-bond acceptors (Lipinski definition) is 3. The van der Waals surface area contributed by atoms with E-state index in [0.29, 0.717) is 23.6 Å². The van der Waals surface area contributed by atoms with Gasteiger partial charge in [-0.05, 0) is 35.6 Å². The van der Waals surface area contributed by atoms with Crippen LogP contribution < -0.4 is 10.6 Å². The summed E-state index contributed by atoms with van der Waals surface area (Å²) < 4.78 is 38.5. The third-order valence-corrected chi connectivity index (χ3v) is 5.59. The van der Waals surface area contributed by atoms with E-state index in [1.807, 2.05) is 12.1 Å². The van der Waals surface area contributed by atoms with E-state index < -0.39 is 36.0 Å². The van der Waals surface area contributed by atoms with E-state index in [2.05, 4.69) is 19.2 Å². The van der Waals surface area contributed by atoms with Crippen LogP contribution in [0.1, 0.15) is 37.3 Å². The largest absolute Gasteiger partial charge is 0.471 e. The number of rotatable bonds is 7. The summed E-state index contributed by atoms with van der Waals surface area (Å²) in [5, 5.41) is 4.54. The van der Waals surface area contributed by atoms with Gasteiger partial charge in [-0.3, -0.25) is 14.4 Å². The van der Waals surface area contributed by atoms with Gasteiger partial charge in [0.1, 0.15) is 12.1 Å². The second-order valence-electron chi connectivity index (χ2n) is 8.32. The first-order valence-corrected chi connectivity index (χ1v) is 10.7. The molecular weight excluding hydrogens is 435 g/mol. The van der Waals surface area contributed by atoms with Crippen molar-refractivity contribution in [3.05, 3.63) is 65.7 Å². The first kappa shape index (κ1) is 24.3. The summed E-state index contributed by atoms with van der Waals surface area (Å²) in [6, 6.07) is 13.5. The minimum atomic E-state index is -5.12.